The second kappa shape index (κ2) is 5.97. The van der Waals surface area contributed by atoms with Crippen LogP contribution in [0.2, 0.25) is 0 Å². The smallest absolute Gasteiger partial charge is 0.0403 e. The minimum absolute atomic E-state index is 0.149. The molecule has 0 amide bonds. The van der Waals surface area contributed by atoms with E-state index < -0.39 is 0 Å². The molecule has 1 fully saturated rings. The van der Waals surface area contributed by atoms with Gasteiger partial charge in [0.25, 0.3) is 0 Å². The van der Waals surface area contributed by atoms with Gasteiger partial charge in [-0.2, -0.15) is 0 Å². The van der Waals surface area contributed by atoms with E-state index in [0.29, 0.717) is 6.04 Å². The van der Waals surface area contributed by atoms with E-state index in [1.807, 2.05) is 0 Å². The van der Waals surface area contributed by atoms with Gasteiger partial charge < -0.3 is 5.32 Å². The van der Waals surface area contributed by atoms with Gasteiger partial charge in [-0.05, 0) is 26.2 Å². The van der Waals surface area contributed by atoms with Crippen LogP contribution in [0.15, 0.2) is 0 Å². The summed E-state index contributed by atoms with van der Waals surface area (Å²) in [4.78, 5) is 0. The Labute approximate surface area is 93.6 Å². The van der Waals surface area contributed by atoms with Gasteiger partial charge in [0.15, 0.2) is 0 Å². The number of hydrogen-bond acceptors (Lipinski definition) is 1. The van der Waals surface area contributed by atoms with Crippen LogP contribution in [0.3, 0.4) is 0 Å². The van der Waals surface area contributed by atoms with Gasteiger partial charge in [0.1, 0.15) is 0 Å². The van der Waals surface area contributed by atoms with Crippen LogP contribution < -0.4 is 5.32 Å². The first-order valence-corrected chi connectivity index (χ1v) is 6.57. The standard InChI is InChI=1S/C12H24ClN/c1-3-12(2,10-13)14-11-8-6-4-5-7-9-11/h11,14H,3-10H2,1-2H3. The summed E-state index contributed by atoms with van der Waals surface area (Å²) in [6.07, 6.45) is 9.41. The Kier molecular flexibility index (Phi) is 5.25. The highest BCUT2D eigenvalue weighted by atomic mass is 35.5. The zero-order chi connectivity index (χ0) is 10.4. The second-order valence-electron chi connectivity index (χ2n) is 4.88. The van der Waals surface area contributed by atoms with E-state index in [1.165, 1.54) is 38.5 Å². The van der Waals surface area contributed by atoms with Gasteiger partial charge in [0.05, 0.1) is 0 Å². The van der Waals surface area contributed by atoms with Crippen LogP contribution in [0.5, 0.6) is 0 Å². The van der Waals surface area contributed by atoms with E-state index in [2.05, 4.69) is 19.2 Å². The van der Waals surface area contributed by atoms with Crippen LogP contribution >= 0.6 is 11.6 Å². The molecule has 1 rings (SSSR count). The molecule has 0 spiro atoms. The average molecular weight is 218 g/mol. The van der Waals surface area contributed by atoms with E-state index in [9.17, 15) is 0 Å². The van der Waals surface area contributed by atoms with Crippen LogP contribution in [-0.2, 0) is 0 Å². The van der Waals surface area contributed by atoms with Crippen molar-refractivity contribution in [2.75, 3.05) is 5.88 Å². The van der Waals surface area contributed by atoms with E-state index in [4.69, 9.17) is 11.6 Å². The summed E-state index contributed by atoms with van der Waals surface area (Å²) >= 11 is 6.01. The molecule has 84 valence electrons. The zero-order valence-electron chi connectivity index (χ0n) is 9.61. The Morgan fingerprint density at radius 3 is 2.21 bits per heavy atom. The highest BCUT2D eigenvalue weighted by molar-refractivity contribution is 6.18. The number of nitrogens with one attached hydrogen (secondary N) is 1. The first-order valence-electron chi connectivity index (χ1n) is 6.04. The second-order valence-corrected chi connectivity index (χ2v) is 5.15. The number of alkyl halides is 1. The first kappa shape index (κ1) is 12.3. The maximum atomic E-state index is 6.01. The van der Waals surface area contributed by atoms with Crippen molar-refractivity contribution in [1.29, 1.82) is 0 Å². The van der Waals surface area contributed by atoms with Gasteiger partial charge in [-0.1, -0.05) is 32.6 Å². The van der Waals surface area contributed by atoms with Crippen molar-refractivity contribution >= 4 is 11.6 Å². The summed E-state index contributed by atoms with van der Waals surface area (Å²) in [5, 5.41) is 3.74. The number of halogens is 1. The van der Waals surface area contributed by atoms with Crippen molar-refractivity contribution in [3.8, 4) is 0 Å². The van der Waals surface area contributed by atoms with Crippen molar-refractivity contribution in [2.24, 2.45) is 0 Å². The van der Waals surface area contributed by atoms with Gasteiger partial charge in [-0.15, -0.1) is 11.6 Å². The molecule has 1 nitrogen and oxygen atoms in total. The van der Waals surface area contributed by atoms with Crippen LogP contribution in [0, 0.1) is 0 Å². The third-order valence-corrected chi connectivity index (χ3v) is 4.07. The lowest BCUT2D eigenvalue weighted by molar-refractivity contribution is 0.308. The minimum atomic E-state index is 0.149. The predicted octanol–water partition coefficient (Wildman–Crippen LogP) is 3.71. The fraction of sp³-hybridized carbons (Fsp3) is 1.00. The molecule has 0 aromatic carbocycles. The largest absolute Gasteiger partial charge is 0.308 e. The molecule has 1 aliphatic rings. The van der Waals surface area contributed by atoms with Gasteiger partial charge >= 0.3 is 0 Å². The Bertz CT molecular complexity index is 146. The number of rotatable bonds is 4. The lowest BCUT2D eigenvalue weighted by atomic mass is 9.98. The van der Waals surface area contributed by atoms with Crippen LogP contribution in [0.25, 0.3) is 0 Å². The van der Waals surface area contributed by atoms with Gasteiger partial charge in [-0.25, -0.2) is 0 Å². The molecular weight excluding hydrogens is 194 g/mol. The average Bonchev–Trinajstić information content (AvgIpc) is 2.46. The molecular formula is C12H24ClN. The van der Waals surface area contributed by atoms with Gasteiger partial charge in [0.2, 0.25) is 0 Å². The Morgan fingerprint density at radius 2 is 1.79 bits per heavy atom. The van der Waals surface area contributed by atoms with Crippen molar-refractivity contribution in [1.82, 2.24) is 5.32 Å². The zero-order valence-corrected chi connectivity index (χ0v) is 10.4. The Morgan fingerprint density at radius 1 is 1.21 bits per heavy atom. The SMILES string of the molecule is CCC(C)(CCl)NC1CCCCCC1. The van der Waals surface area contributed by atoms with Crippen molar-refractivity contribution in [3.63, 3.8) is 0 Å². The maximum absolute atomic E-state index is 6.01. The lowest BCUT2D eigenvalue weighted by Gasteiger charge is -2.32. The summed E-state index contributed by atoms with van der Waals surface area (Å²) in [5.74, 6) is 0.722. The maximum Gasteiger partial charge on any atom is 0.0403 e. The van der Waals surface area contributed by atoms with Gasteiger partial charge in [0, 0.05) is 17.5 Å². The van der Waals surface area contributed by atoms with Crippen molar-refractivity contribution in [3.05, 3.63) is 0 Å². The normalized spacial score (nSPS) is 24.2. The quantitative estimate of drug-likeness (QED) is 0.559. The van der Waals surface area contributed by atoms with Crippen LogP contribution in [-0.4, -0.2) is 17.5 Å². The highest BCUT2D eigenvalue weighted by Crippen LogP contribution is 2.21. The third kappa shape index (κ3) is 3.78. The van der Waals surface area contributed by atoms with Gasteiger partial charge in [-0.3, -0.25) is 0 Å². The molecule has 0 aromatic rings. The van der Waals surface area contributed by atoms with E-state index in [0.717, 1.165) is 12.3 Å². The molecule has 0 heterocycles. The molecule has 0 radical (unpaired) electrons. The fourth-order valence-corrected chi connectivity index (χ4v) is 2.42. The molecule has 0 aliphatic heterocycles. The lowest BCUT2D eigenvalue weighted by Crippen LogP contribution is -2.49. The fourth-order valence-electron chi connectivity index (χ4n) is 2.15. The van der Waals surface area contributed by atoms with Crippen molar-refractivity contribution in [2.45, 2.75) is 70.4 Å². The summed E-state index contributed by atoms with van der Waals surface area (Å²) < 4.78 is 0. The molecule has 14 heavy (non-hydrogen) atoms. The topological polar surface area (TPSA) is 12.0 Å². The Balaban J connectivity index is 2.39. The molecule has 1 unspecified atom stereocenters. The van der Waals surface area contributed by atoms with Crippen molar-refractivity contribution < 1.29 is 0 Å². The minimum Gasteiger partial charge on any atom is -0.308 e. The first-order chi connectivity index (χ1) is 6.70. The summed E-state index contributed by atoms with van der Waals surface area (Å²) in [6.45, 7) is 4.46. The molecule has 0 aromatic heterocycles. The molecule has 1 aliphatic carbocycles. The monoisotopic (exact) mass is 217 g/mol. The summed E-state index contributed by atoms with van der Waals surface area (Å²) in [6, 6.07) is 0.709. The molecule has 0 saturated heterocycles. The molecule has 2 heteroatoms. The van der Waals surface area contributed by atoms with E-state index >= 15 is 0 Å². The predicted molar refractivity (Wildman–Crippen MR) is 64.0 cm³/mol. The number of hydrogen-bond donors (Lipinski definition) is 1. The summed E-state index contributed by atoms with van der Waals surface area (Å²) in [5.41, 5.74) is 0.149. The van der Waals surface area contributed by atoms with E-state index in [1.54, 1.807) is 0 Å². The Hall–Kier alpha value is 0.250. The molecule has 1 saturated carbocycles. The van der Waals surface area contributed by atoms with E-state index in [-0.39, 0.29) is 5.54 Å². The molecule has 1 N–H and O–H groups in total. The molecule has 0 bridgehead atoms. The highest BCUT2D eigenvalue weighted by Gasteiger charge is 2.24. The van der Waals surface area contributed by atoms with Crippen LogP contribution in [0.1, 0.15) is 58.8 Å². The van der Waals surface area contributed by atoms with Crippen LogP contribution in [0.4, 0.5) is 0 Å². The summed E-state index contributed by atoms with van der Waals surface area (Å²) in [7, 11) is 0. The third-order valence-electron chi connectivity index (χ3n) is 3.48. The molecule has 1 atom stereocenters.